The van der Waals surface area contributed by atoms with Crippen molar-refractivity contribution >= 4 is 95.5 Å². The predicted octanol–water partition coefficient (Wildman–Crippen LogP) is 4.50. The highest BCUT2D eigenvalue weighted by atomic mass is 127. The van der Waals surface area contributed by atoms with Crippen LogP contribution in [0.4, 0.5) is 4.79 Å². The molecule has 4 N–H and O–H groups in total. The van der Waals surface area contributed by atoms with E-state index >= 15 is 0 Å². The Morgan fingerprint density at radius 3 is 1.65 bits per heavy atom. The molecule has 0 fully saturated rings. The number of aromatic hydroxyl groups is 2. The van der Waals surface area contributed by atoms with Crippen LogP contribution in [0.3, 0.4) is 0 Å². The van der Waals surface area contributed by atoms with Crippen molar-refractivity contribution in [3.63, 3.8) is 0 Å². The van der Waals surface area contributed by atoms with Gasteiger partial charge in [-0.15, -0.1) is 0 Å². The second kappa shape index (κ2) is 9.85. The normalized spacial score (nSPS) is 11.2. The molecule has 0 spiro atoms. The van der Waals surface area contributed by atoms with E-state index in [4.69, 9.17) is 0 Å². The molecule has 2 amide bonds. The standard InChI is InChI=1S/C15H10Br2I2N4O3/c16-9-1-7(13(24)11(18)3-9)5-20-22-15(26)23-21-6-8-2-10(17)4-12(19)14(8)25/h1-6,24-25H,(H2,22,23,26)/b20-5-,21-6+. The maximum Gasteiger partial charge on any atom is 0.355 e. The number of urea groups is 1. The van der Waals surface area contributed by atoms with Crippen molar-refractivity contribution in [2.75, 3.05) is 0 Å². The van der Waals surface area contributed by atoms with Gasteiger partial charge in [-0.05, 0) is 69.4 Å². The van der Waals surface area contributed by atoms with Crippen LogP contribution in [0.5, 0.6) is 11.5 Å². The van der Waals surface area contributed by atoms with Gasteiger partial charge in [-0.2, -0.15) is 10.2 Å². The minimum atomic E-state index is -0.675. The molecule has 11 heteroatoms. The quantitative estimate of drug-likeness (QED) is 0.214. The summed E-state index contributed by atoms with van der Waals surface area (Å²) < 4.78 is 2.85. The lowest BCUT2D eigenvalue weighted by atomic mass is 10.2. The van der Waals surface area contributed by atoms with E-state index in [9.17, 15) is 15.0 Å². The Labute approximate surface area is 192 Å². The number of nitrogens with one attached hydrogen (secondary N) is 2. The van der Waals surface area contributed by atoms with Crippen molar-refractivity contribution in [1.29, 1.82) is 0 Å². The number of carbonyl (C=O) groups is 1. The van der Waals surface area contributed by atoms with E-state index in [1.165, 1.54) is 12.4 Å². The van der Waals surface area contributed by atoms with Crippen LogP contribution in [0, 0.1) is 7.14 Å². The molecule has 0 aromatic heterocycles. The summed E-state index contributed by atoms with van der Waals surface area (Å²) in [6.07, 6.45) is 2.63. The zero-order valence-electron chi connectivity index (χ0n) is 12.7. The fourth-order valence-corrected chi connectivity index (χ4v) is 4.82. The molecule has 0 radical (unpaired) electrons. The van der Waals surface area contributed by atoms with Crippen molar-refractivity contribution < 1.29 is 15.0 Å². The van der Waals surface area contributed by atoms with E-state index < -0.39 is 6.03 Å². The average Bonchev–Trinajstić information content (AvgIpc) is 2.56. The first-order chi connectivity index (χ1) is 12.3. The van der Waals surface area contributed by atoms with Crippen LogP contribution in [0.2, 0.25) is 0 Å². The molecule has 0 aliphatic carbocycles. The average molecular weight is 708 g/mol. The maximum atomic E-state index is 11.7. The lowest BCUT2D eigenvalue weighted by Gasteiger charge is -2.04. The summed E-state index contributed by atoms with van der Waals surface area (Å²) >= 11 is 10.6. The number of hydrazone groups is 2. The predicted molar refractivity (Wildman–Crippen MR) is 124 cm³/mol. The number of nitrogens with zero attached hydrogens (tertiary/aromatic N) is 2. The molecule has 2 aromatic rings. The van der Waals surface area contributed by atoms with Gasteiger partial charge in [0.2, 0.25) is 0 Å². The SMILES string of the molecule is O=C(N/N=C\c1cc(Br)cc(I)c1O)N/N=C/c1cc(Br)cc(I)c1O. The first-order valence-electron chi connectivity index (χ1n) is 6.76. The van der Waals surface area contributed by atoms with Crippen molar-refractivity contribution in [3.05, 3.63) is 51.5 Å². The first-order valence-corrected chi connectivity index (χ1v) is 10.5. The monoisotopic (exact) mass is 706 g/mol. The van der Waals surface area contributed by atoms with Crippen LogP contribution < -0.4 is 10.9 Å². The second-order valence-electron chi connectivity index (χ2n) is 4.72. The van der Waals surface area contributed by atoms with Crippen LogP contribution in [0.25, 0.3) is 0 Å². The molecule has 0 aliphatic rings. The van der Waals surface area contributed by atoms with Gasteiger partial charge in [0.25, 0.3) is 0 Å². The van der Waals surface area contributed by atoms with Gasteiger partial charge in [0.05, 0.1) is 19.6 Å². The fraction of sp³-hybridized carbons (Fsp3) is 0. The molecule has 7 nitrogen and oxygen atoms in total. The van der Waals surface area contributed by atoms with Crippen LogP contribution in [-0.2, 0) is 0 Å². The topological polar surface area (TPSA) is 106 Å². The number of hydrogen-bond acceptors (Lipinski definition) is 5. The smallest absolute Gasteiger partial charge is 0.355 e. The van der Waals surface area contributed by atoms with E-state index in [0.717, 1.165) is 8.95 Å². The van der Waals surface area contributed by atoms with E-state index in [-0.39, 0.29) is 11.5 Å². The minimum absolute atomic E-state index is 0.0671. The Hall–Kier alpha value is -0.930. The lowest BCUT2D eigenvalue weighted by molar-refractivity contribution is 0.242. The molecule has 0 atom stereocenters. The number of phenols is 2. The van der Waals surface area contributed by atoms with Crippen molar-refractivity contribution in [2.45, 2.75) is 0 Å². The molecule has 136 valence electrons. The van der Waals surface area contributed by atoms with Gasteiger partial charge < -0.3 is 10.2 Å². The van der Waals surface area contributed by atoms with Crippen molar-refractivity contribution in [1.82, 2.24) is 10.9 Å². The summed E-state index contributed by atoms with van der Waals surface area (Å²) in [5.41, 5.74) is 5.34. The summed E-state index contributed by atoms with van der Waals surface area (Å²) in [5, 5.41) is 27.4. The Morgan fingerprint density at radius 2 is 1.27 bits per heavy atom. The number of rotatable bonds is 4. The highest BCUT2D eigenvalue weighted by Crippen LogP contribution is 2.28. The molecule has 0 bridgehead atoms. The Balaban J connectivity index is 1.96. The number of hydrogen-bond donors (Lipinski definition) is 4. The zero-order chi connectivity index (χ0) is 19.3. The van der Waals surface area contributed by atoms with E-state index in [1.54, 1.807) is 24.3 Å². The highest BCUT2D eigenvalue weighted by Gasteiger charge is 2.06. The van der Waals surface area contributed by atoms with Gasteiger partial charge in [0.15, 0.2) is 0 Å². The minimum Gasteiger partial charge on any atom is -0.506 e. The molecule has 0 saturated carbocycles. The number of halogens is 4. The van der Waals surface area contributed by atoms with Gasteiger partial charge in [0, 0.05) is 20.1 Å². The summed E-state index contributed by atoms with van der Waals surface area (Å²) in [6, 6.07) is 6.15. The first kappa shape index (κ1) is 21.4. The van der Waals surface area contributed by atoms with Crippen molar-refractivity contribution in [3.8, 4) is 11.5 Å². The third kappa shape index (κ3) is 6.06. The molecular weight excluding hydrogens is 698 g/mol. The molecule has 0 saturated heterocycles. The van der Waals surface area contributed by atoms with Crippen LogP contribution in [-0.4, -0.2) is 28.7 Å². The molecule has 0 unspecified atom stereocenters. The van der Waals surface area contributed by atoms with E-state index in [1.807, 2.05) is 45.2 Å². The molecule has 0 heterocycles. The number of carbonyl (C=O) groups excluding carboxylic acids is 1. The molecule has 2 rings (SSSR count). The maximum absolute atomic E-state index is 11.7. The molecule has 2 aromatic carbocycles. The zero-order valence-corrected chi connectivity index (χ0v) is 20.2. The summed E-state index contributed by atoms with van der Waals surface area (Å²) in [4.78, 5) is 11.7. The third-order valence-electron chi connectivity index (χ3n) is 2.85. The van der Waals surface area contributed by atoms with Crippen LogP contribution in [0.1, 0.15) is 11.1 Å². The van der Waals surface area contributed by atoms with Gasteiger partial charge in [0.1, 0.15) is 11.5 Å². The Bertz CT molecular complexity index is 835. The summed E-state index contributed by atoms with van der Waals surface area (Å²) in [7, 11) is 0. The van der Waals surface area contributed by atoms with Gasteiger partial charge in [-0.1, -0.05) is 31.9 Å². The Morgan fingerprint density at radius 1 is 0.885 bits per heavy atom. The lowest BCUT2D eigenvalue weighted by Crippen LogP contribution is -2.28. The van der Waals surface area contributed by atoms with E-state index in [2.05, 4.69) is 52.9 Å². The van der Waals surface area contributed by atoms with Crippen molar-refractivity contribution in [2.24, 2.45) is 10.2 Å². The van der Waals surface area contributed by atoms with Gasteiger partial charge in [-0.25, -0.2) is 15.6 Å². The molecule has 0 aliphatic heterocycles. The van der Waals surface area contributed by atoms with Crippen LogP contribution in [0.15, 0.2) is 43.4 Å². The summed E-state index contributed by atoms with van der Waals surface area (Å²) in [6.45, 7) is 0. The Kier molecular flexibility index (Phi) is 8.09. The number of phenolic OH excluding ortho intramolecular Hbond substituents is 2. The highest BCUT2D eigenvalue weighted by molar-refractivity contribution is 14.1. The second-order valence-corrected chi connectivity index (χ2v) is 8.88. The molecule has 26 heavy (non-hydrogen) atoms. The third-order valence-corrected chi connectivity index (χ3v) is 5.42. The fourth-order valence-electron chi connectivity index (χ4n) is 1.71. The number of benzene rings is 2. The largest absolute Gasteiger partial charge is 0.506 e. The van der Waals surface area contributed by atoms with Crippen LogP contribution >= 0.6 is 77.0 Å². The van der Waals surface area contributed by atoms with E-state index in [0.29, 0.717) is 18.3 Å². The van der Waals surface area contributed by atoms with Gasteiger partial charge in [-0.3, -0.25) is 0 Å². The molecular formula is C15H10Br2I2N4O3. The summed E-state index contributed by atoms with van der Waals surface area (Å²) in [5.74, 6) is 0.134. The van der Waals surface area contributed by atoms with Gasteiger partial charge >= 0.3 is 6.03 Å². The number of amides is 2.